The molecule has 1 aromatic heterocycles. The van der Waals surface area contributed by atoms with Crippen LogP contribution in [-0.4, -0.2) is 34.2 Å². The van der Waals surface area contributed by atoms with Gasteiger partial charge in [-0.3, -0.25) is 5.10 Å². The summed E-state index contributed by atoms with van der Waals surface area (Å²) in [5, 5.41) is 8.29. The van der Waals surface area contributed by atoms with E-state index in [1.54, 1.807) is 0 Å². The average Bonchev–Trinajstić information content (AvgIpc) is 3.24. The van der Waals surface area contributed by atoms with Gasteiger partial charge < -0.3 is 9.64 Å². The summed E-state index contributed by atoms with van der Waals surface area (Å²) in [7, 11) is 0. The Labute approximate surface area is 150 Å². The highest BCUT2D eigenvalue weighted by Crippen LogP contribution is 2.47. The first-order valence-corrected chi connectivity index (χ1v) is 8.92. The standard InChI is InChI=1S/C20H18N4O2/c1-11-13-9-12(6-7-14(13)23-22-11)17-18-16(10-26-20(18)25)24-8-4-3-5-15(24)19(17)21-2/h6-7,9,17H,3-5,8,10H2,1H3,(H,22,23). The molecular formula is C20H18N4O2. The van der Waals surface area contributed by atoms with E-state index in [4.69, 9.17) is 11.3 Å². The molecular weight excluding hydrogens is 328 g/mol. The van der Waals surface area contributed by atoms with Gasteiger partial charge in [0.15, 0.2) is 5.70 Å². The van der Waals surface area contributed by atoms with Crippen LogP contribution in [0, 0.1) is 13.5 Å². The molecule has 130 valence electrons. The molecule has 1 saturated heterocycles. The molecule has 26 heavy (non-hydrogen) atoms. The summed E-state index contributed by atoms with van der Waals surface area (Å²) in [6, 6.07) is 6.02. The lowest BCUT2D eigenvalue weighted by molar-refractivity contribution is -0.136. The summed E-state index contributed by atoms with van der Waals surface area (Å²) < 4.78 is 5.39. The Hall–Kier alpha value is -3.07. The van der Waals surface area contributed by atoms with Gasteiger partial charge in [-0.25, -0.2) is 9.64 Å². The first kappa shape index (κ1) is 15.2. The second-order valence-corrected chi connectivity index (χ2v) is 7.04. The van der Waals surface area contributed by atoms with Crippen molar-refractivity contribution in [3.05, 3.63) is 63.5 Å². The van der Waals surface area contributed by atoms with Crippen molar-refractivity contribution < 1.29 is 9.53 Å². The second kappa shape index (κ2) is 5.46. The minimum absolute atomic E-state index is 0.292. The third kappa shape index (κ3) is 1.97. The Morgan fingerprint density at radius 2 is 2.23 bits per heavy atom. The molecule has 1 fully saturated rings. The van der Waals surface area contributed by atoms with E-state index in [1.807, 2.05) is 19.1 Å². The third-order valence-corrected chi connectivity index (χ3v) is 5.66. The number of nitrogens with zero attached hydrogens (tertiary/aromatic N) is 3. The topological polar surface area (TPSA) is 62.6 Å². The van der Waals surface area contributed by atoms with Crippen LogP contribution >= 0.6 is 0 Å². The molecule has 0 amide bonds. The SMILES string of the molecule is [C-]#[N+]C1=C2CCCCN2C2=C(C(=O)OC2)C1c1ccc2[nH]nc(C)c2c1. The van der Waals surface area contributed by atoms with Gasteiger partial charge in [0.2, 0.25) is 0 Å². The fraction of sp³-hybridized carbons (Fsp3) is 0.350. The van der Waals surface area contributed by atoms with Crippen LogP contribution in [0.1, 0.15) is 36.4 Å². The van der Waals surface area contributed by atoms with Crippen LogP contribution in [0.4, 0.5) is 0 Å². The summed E-state index contributed by atoms with van der Waals surface area (Å²) in [6.45, 7) is 11.0. The van der Waals surface area contributed by atoms with Gasteiger partial charge in [-0.15, -0.1) is 0 Å². The van der Waals surface area contributed by atoms with Crippen LogP contribution < -0.4 is 0 Å². The molecule has 3 aliphatic rings. The van der Waals surface area contributed by atoms with Crippen LogP contribution in [0.15, 0.2) is 40.9 Å². The number of ether oxygens (including phenoxy) is 1. The highest BCUT2D eigenvalue weighted by Gasteiger charge is 2.44. The average molecular weight is 346 g/mol. The first-order valence-electron chi connectivity index (χ1n) is 8.92. The molecule has 1 N–H and O–H groups in total. The number of fused-ring (bicyclic) bond motifs is 3. The number of carbonyl (C=O) groups excluding carboxylic acids is 1. The molecule has 0 radical (unpaired) electrons. The maximum absolute atomic E-state index is 12.6. The number of carbonyl (C=O) groups is 1. The number of aromatic amines is 1. The molecule has 5 rings (SSSR count). The highest BCUT2D eigenvalue weighted by atomic mass is 16.5. The van der Waals surface area contributed by atoms with Crippen LogP contribution in [0.3, 0.4) is 0 Å². The maximum atomic E-state index is 12.6. The summed E-state index contributed by atoms with van der Waals surface area (Å²) in [5.74, 6) is -0.639. The minimum atomic E-state index is -0.347. The van der Waals surface area contributed by atoms with Crippen LogP contribution in [0.25, 0.3) is 15.7 Å². The predicted octanol–water partition coefficient (Wildman–Crippen LogP) is 3.40. The molecule has 6 heteroatoms. The number of hydrogen-bond donors (Lipinski definition) is 1. The number of piperidine rings is 1. The summed E-state index contributed by atoms with van der Waals surface area (Å²) in [6.07, 6.45) is 3.03. The minimum Gasteiger partial charge on any atom is -0.456 e. The Balaban J connectivity index is 1.75. The van der Waals surface area contributed by atoms with Gasteiger partial charge in [0.1, 0.15) is 6.61 Å². The summed E-state index contributed by atoms with van der Waals surface area (Å²) >= 11 is 0. The zero-order valence-electron chi connectivity index (χ0n) is 14.5. The second-order valence-electron chi connectivity index (χ2n) is 7.04. The van der Waals surface area contributed by atoms with Gasteiger partial charge in [-0.1, -0.05) is 6.07 Å². The Kier molecular flexibility index (Phi) is 3.20. The van der Waals surface area contributed by atoms with Crippen LogP contribution in [-0.2, 0) is 9.53 Å². The number of esters is 1. The van der Waals surface area contributed by atoms with E-state index in [0.717, 1.165) is 59.4 Å². The molecule has 1 atom stereocenters. The monoisotopic (exact) mass is 346 g/mol. The number of H-pyrrole nitrogens is 1. The van der Waals surface area contributed by atoms with E-state index in [-0.39, 0.29) is 11.9 Å². The number of allylic oxidation sites excluding steroid dienone is 2. The van der Waals surface area contributed by atoms with Crippen molar-refractivity contribution in [3.8, 4) is 0 Å². The maximum Gasteiger partial charge on any atom is 0.335 e. The molecule has 0 spiro atoms. The molecule has 6 nitrogen and oxygen atoms in total. The summed E-state index contributed by atoms with van der Waals surface area (Å²) in [4.78, 5) is 18.6. The molecule has 4 heterocycles. The quantitative estimate of drug-likeness (QED) is 0.635. The van der Waals surface area contributed by atoms with Crippen molar-refractivity contribution in [2.75, 3.05) is 13.2 Å². The molecule has 1 aromatic carbocycles. The van der Waals surface area contributed by atoms with Crippen molar-refractivity contribution in [2.24, 2.45) is 0 Å². The lowest BCUT2D eigenvalue weighted by Gasteiger charge is -2.38. The number of aromatic nitrogens is 2. The van der Waals surface area contributed by atoms with E-state index >= 15 is 0 Å². The highest BCUT2D eigenvalue weighted by molar-refractivity contribution is 5.95. The first-order chi connectivity index (χ1) is 12.7. The van der Waals surface area contributed by atoms with Gasteiger partial charge in [0.05, 0.1) is 35.0 Å². The number of rotatable bonds is 1. The predicted molar refractivity (Wildman–Crippen MR) is 95.7 cm³/mol. The number of cyclic esters (lactones) is 1. The van der Waals surface area contributed by atoms with Crippen molar-refractivity contribution in [1.29, 1.82) is 0 Å². The lowest BCUT2D eigenvalue weighted by Crippen LogP contribution is -2.34. The Morgan fingerprint density at radius 3 is 3.08 bits per heavy atom. The van der Waals surface area contributed by atoms with Crippen molar-refractivity contribution >= 4 is 16.9 Å². The number of aryl methyl sites for hydroxylation is 1. The normalized spacial score (nSPS) is 22.4. The van der Waals surface area contributed by atoms with Gasteiger partial charge in [-0.05, 0) is 43.9 Å². The molecule has 0 saturated carbocycles. The van der Waals surface area contributed by atoms with Gasteiger partial charge in [0.25, 0.3) is 0 Å². The van der Waals surface area contributed by atoms with Gasteiger partial charge in [-0.2, -0.15) is 5.10 Å². The molecule has 0 aliphatic carbocycles. The molecule has 1 unspecified atom stereocenters. The lowest BCUT2D eigenvalue weighted by atomic mass is 9.81. The number of nitrogens with one attached hydrogen (secondary N) is 1. The molecule has 2 aromatic rings. The molecule has 0 bridgehead atoms. The zero-order chi connectivity index (χ0) is 17.8. The van der Waals surface area contributed by atoms with Crippen LogP contribution in [0.2, 0.25) is 0 Å². The zero-order valence-corrected chi connectivity index (χ0v) is 14.5. The third-order valence-electron chi connectivity index (χ3n) is 5.66. The smallest absolute Gasteiger partial charge is 0.335 e. The van der Waals surface area contributed by atoms with Crippen molar-refractivity contribution in [1.82, 2.24) is 15.1 Å². The number of hydrogen-bond acceptors (Lipinski definition) is 4. The Bertz CT molecular complexity index is 1050. The van der Waals surface area contributed by atoms with Gasteiger partial charge in [0, 0.05) is 17.6 Å². The van der Waals surface area contributed by atoms with E-state index < -0.39 is 0 Å². The molecule has 3 aliphatic heterocycles. The van der Waals surface area contributed by atoms with Crippen molar-refractivity contribution in [3.63, 3.8) is 0 Å². The van der Waals surface area contributed by atoms with E-state index in [9.17, 15) is 4.79 Å². The van der Waals surface area contributed by atoms with E-state index in [1.165, 1.54) is 0 Å². The van der Waals surface area contributed by atoms with Crippen molar-refractivity contribution in [2.45, 2.75) is 32.1 Å². The number of benzene rings is 1. The summed E-state index contributed by atoms with van der Waals surface area (Å²) in [5.41, 5.74) is 6.16. The fourth-order valence-electron chi connectivity index (χ4n) is 4.41. The largest absolute Gasteiger partial charge is 0.456 e. The van der Waals surface area contributed by atoms with E-state index in [0.29, 0.717) is 17.9 Å². The Morgan fingerprint density at radius 1 is 1.35 bits per heavy atom. The van der Waals surface area contributed by atoms with Crippen LogP contribution in [0.5, 0.6) is 0 Å². The van der Waals surface area contributed by atoms with Gasteiger partial charge >= 0.3 is 5.97 Å². The van der Waals surface area contributed by atoms with E-state index in [2.05, 4.69) is 26.0 Å². The fourth-order valence-corrected chi connectivity index (χ4v) is 4.41.